The van der Waals surface area contributed by atoms with Gasteiger partial charge in [-0.2, -0.15) is 0 Å². The molecule has 14 heteroatoms. The number of rotatable bonds is 3. The zero-order valence-corrected chi connectivity index (χ0v) is 36.5. The first kappa shape index (κ1) is 42.6. The van der Waals surface area contributed by atoms with Crippen molar-refractivity contribution in [1.82, 2.24) is 33.9 Å². The van der Waals surface area contributed by atoms with Crippen molar-refractivity contribution in [1.29, 1.82) is 0 Å². The topological polar surface area (TPSA) is 103 Å². The van der Waals surface area contributed by atoms with Gasteiger partial charge in [0.1, 0.15) is 47.3 Å². The van der Waals surface area contributed by atoms with Crippen molar-refractivity contribution >= 4 is 17.1 Å². The Hall–Kier alpha value is -8.39. The molecule has 0 saturated heterocycles. The van der Waals surface area contributed by atoms with Gasteiger partial charge in [-0.1, -0.05) is 48.5 Å². The third-order valence-electron chi connectivity index (χ3n) is 11.6. The molecule has 10 nitrogen and oxygen atoms in total. The van der Waals surface area contributed by atoms with Gasteiger partial charge in [0.25, 0.3) is 0 Å². The summed E-state index contributed by atoms with van der Waals surface area (Å²) in [5, 5.41) is 8.29. The average molecular weight is 893 g/mol. The third-order valence-corrected chi connectivity index (χ3v) is 11.6. The summed E-state index contributed by atoms with van der Waals surface area (Å²) >= 11 is 0. The maximum Gasteiger partial charge on any atom is 0.159 e. The molecule has 3 aliphatic rings. The van der Waals surface area contributed by atoms with E-state index < -0.39 is 0 Å². The van der Waals surface area contributed by atoms with Crippen LogP contribution >= 0.6 is 0 Å². The minimum atomic E-state index is -0.334. The largest absolute Gasteiger partial charge is 0.299 e. The fraction of sp³-hybridized carbons (Fsp3) is 0.113. The van der Waals surface area contributed by atoms with Gasteiger partial charge in [-0.15, -0.1) is 10.2 Å². The average Bonchev–Trinajstić information content (AvgIpc) is 3.90. The number of halogens is 4. The van der Waals surface area contributed by atoms with Crippen molar-refractivity contribution in [2.45, 2.75) is 40.4 Å². The summed E-state index contributed by atoms with van der Waals surface area (Å²) in [4.78, 5) is 22.8. The number of aromatic nitrogens is 7. The van der Waals surface area contributed by atoms with Crippen LogP contribution in [0.1, 0.15) is 68.1 Å². The molecule has 0 radical (unpaired) electrons. The highest BCUT2D eigenvalue weighted by atomic mass is 19.1. The summed E-state index contributed by atoms with van der Waals surface area (Å²) < 4.78 is 60.1. The molecule has 0 aliphatic carbocycles. The van der Waals surface area contributed by atoms with E-state index in [1.165, 1.54) is 48.5 Å². The maximum absolute atomic E-state index is 13.8. The van der Waals surface area contributed by atoms with Gasteiger partial charge >= 0.3 is 0 Å². The molecule has 3 aliphatic heterocycles. The molecule has 9 aromatic rings. The Balaban J connectivity index is 0.000000118. The lowest BCUT2D eigenvalue weighted by Gasteiger charge is -2.13. The number of benzene rings is 6. The molecule has 3 aromatic heterocycles. The number of hydrogen-bond donors (Lipinski definition) is 0. The number of fused-ring (bicyclic) bond motifs is 9. The zero-order chi connectivity index (χ0) is 46.2. The molecule has 6 aromatic carbocycles. The van der Waals surface area contributed by atoms with E-state index in [1.807, 2.05) is 84.6 Å². The number of imidazole rings is 2. The smallest absolute Gasteiger partial charge is 0.159 e. The molecule has 0 N–H and O–H groups in total. The molecule has 12 rings (SSSR count). The van der Waals surface area contributed by atoms with E-state index >= 15 is 0 Å². The SMILES string of the molecule is Cc1cnc2n1-c1ccc(F)cc1C(c1ccc(F)cc1)=NC2.Cc1cnc2n1-c1ccccc1C(c1ccc(F)cc1)=NC2.Cc1nnc2n1-c1ccc(F)cc1C(c1ccccc1)=NC2. The number of nitrogens with zero attached hydrogens (tertiary/aromatic N) is 10. The summed E-state index contributed by atoms with van der Waals surface area (Å²) in [5.74, 6) is 2.08. The second-order valence-electron chi connectivity index (χ2n) is 16.0. The van der Waals surface area contributed by atoms with Crippen molar-refractivity contribution < 1.29 is 17.6 Å². The molecule has 0 spiro atoms. The van der Waals surface area contributed by atoms with Gasteiger partial charge in [0.05, 0.1) is 47.3 Å². The zero-order valence-electron chi connectivity index (χ0n) is 36.5. The predicted octanol–water partition coefficient (Wildman–Crippen LogP) is 10.5. The van der Waals surface area contributed by atoms with Crippen LogP contribution in [0.5, 0.6) is 0 Å². The van der Waals surface area contributed by atoms with Crippen LogP contribution in [0.3, 0.4) is 0 Å². The van der Waals surface area contributed by atoms with Gasteiger partial charge in [0.2, 0.25) is 0 Å². The fourth-order valence-corrected chi connectivity index (χ4v) is 8.59. The van der Waals surface area contributed by atoms with E-state index in [0.717, 1.165) is 91.0 Å². The summed E-state index contributed by atoms with van der Waals surface area (Å²) in [7, 11) is 0. The lowest BCUT2D eigenvalue weighted by Crippen LogP contribution is -2.08. The van der Waals surface area contributed by atoms with Crippen LogP contribution in [0.25, 0.3) is 17.1 Å². The fourth-order valence-electron chi connectivity index (χ4n) is 8.59. The second-order valence-corrected chi connectivity index (χ2v) is 16.0. The van der Waals surface area contributed by atoms with Gasteiger partial charge in [-0.25, -0.2) is 27.5 Å². The van der Waals surface area contributed by atoms with Gasteiger partial charge in [-0.3, -0.25) is 28.7 Å². The van der Waals surface area contributed by atoms with Crippen molar-refractivity contribution in [3.63, 3.8) is 0 Å². The molecule has 0 bridgehead atoms. The van der Waals surface area contributed by atoms with Crippen LogP contribution in [0.15, 0.2) is 167 Å². The number of para-hydroxylation sites is 1. The lowest BCUT2D eigenvalue weighted by atomic mass is 10.00. The van der Waals surface area contributed by atoms with E-state index in [0.29, 0.717) is 30.9 Å². The highest BCUT2D eigenvalue weighted by Gasteiger charge is 2.24. The van der Waals surface area contributed by atoms with Crippen LogP contribution in [0, 0.1) is 44.0 Å². The summed E-state index contributed by atoms with van der Waals surface area (Å²) in [5.41, 5.74) is 12.2. The van der Waals surface area contributed by atoms with E-state index in [1.54, 1.807) is 42.6 Å². The predicted molar refractivity (Wildman–Crippen MR) is 250 cm³/mol. The summed E-state index contributed by atoms with van der Waals surface area (Å²) in [6.45, 7) is 7.19. The number of hydrogen-bond acceptors (Lipinski definition) is 7. The first-order valence-electron chi connectivity index (χ1n) is 21.5. The van der Waals surface area contributed by atoms with E-state index in [-0.39, 0.29) is 23.3 Å². The van der Waals surface area contributed by atoms with Crippen LogP contribution in [-0.4, -0.2) is 51.0 Å². The molecule has 330 valence electrons. The highest BCUT2D eigenvalue weighted by Crippen LogP contribution is 2.30. The monoisotopic (exact) mass is 892 g/mol. The Bertz CT molecular complexity index is 3400. The lowest BCUT2D eigenvalue weighted by molar-refractivity contribution is 0.626. The Kier molecular flexibility index (Phi) is 11.4. The Morgan fingerprint density at radius 2 is 0.806 bits per heavy atom. The van der Waals surface area contributed by atoms with Gasteiger partial charge in [-0.05, 0) is 112 Å². The standard InChI is InChI=1S/C18H13F2N3.C18H14FN3.C17H13FN4/c1-11-9-21-17-10-22-18(12-2-4-13(19)5-3-12)15-8-14(20)6-7-16(15)23(11)17;1-12-10-20-17-11-21-18(13-6-8-14(19)9-7-13)15-4-2-3-5-16(15)22(12)17;1-11-20-21-16-10-19-17(12-5-3-2-4-6-12)14-9-13(18)7-8-15(14)22(11)16/h2-9H,10H2,1H3;2-10H,11H2,1H3;2-9H,10H2,1H3. The number of aliphatic imine (C=N–C) groups is 3. The van der Waals surface area contributed by atoms with Gasteiger partial charge in [0.15, 0.2) is 5.82 Å². The molecular formula is C53H40F4N10. The maximum atomic E-state index is 13.8. The molecule has 0 saturated carbocycles. The molecule has 67 heavy (non-hydrogen) atoms. The van der Waals surface area contributed by atoms with Gasteiger partial charge in [0, 0.05) is 57.2 Å². The van der Waals surface area contributed by atoms with Crippen molar-refractivity contribution in [3.05, 3.63) is 243 Å². The number of aryl methyl sites for hydroxylation is 3. The summed E-state index contributed by atoms with van der Waals surface area (Å²) in [6.07, 6.45) is 3.64. The minimum Gasteiger partial charge on any atom is -0.299 e. The Morgan fingerprint density at radius 1 is 0.388 bits per heavy atom. The molecular weight excluding hydrogens is 853 g/mol. The molecule has 6 heterocycles. The quantitative estimate of drug-likeness (QED) is 0.165. The van der Waals surface area contributed by atoms with Crippen molar-refractivity contribution in [2.24, 2.45) is 15.0 Å². The normalized spacial score (nSPS) is 13.1. The molecule has 0 amide bonds. The van der Waals surface area contributed by atoms with Crippen molar-refractivity contribution in [3.8, 4) is 17.1 Å². The third kappa shape index (κ3) is 8.29. The van der Waals surface area contributed by atoms with Crippen LogP contribution in [-0.2, 0) is 19.6 Å². The van der Waals surface area contributed by atoms with E-state index in [2.05, 4.69) is 40.8 Å². The first-order valence-corrected chi connectivity index (χ1v) is 21.5. The van der Waals surface area contributed by atoms with Crippen molar-refractivity contribution in [2.75, 3.05) is 0 Å². The van der Waals surface area contributed by atoms with Crippen LogP contribution in [0.2, 0.25) is 0 Å². The first-order chi connectivity index (χ1) is 32.6. The minimum absolute atomic E-state index is 0.241. The molecule has 0 unspecified atom stereocenters. The second kappa shape index (κ2) is 17.9. The van der Waals surface area contributed by atoms with Crippen LogP contribution < -0.4 is 0 Å². The highest BCUT2D eigenvalue weighted by molar-refractivity contribution is 6.16. The van der Waals surface area contributed by atoms with E-state index in [4.69, 9.17) is 4.99 Å². The Labute approximate surface area is 383 Å². The summed E-state index contributed by atoms with van der Waals surface area (Å²) in [6, 6.07) is 39.8. The molecule has 0 fully saturated rings. The van der Waals surface area contributed by atoms with Gasteiger partial charge < -0.3 is 0 Å². The molecule has 0 atom stereocenters. The van der Waals surface area contributed by atoms with Crippen LogP contribution in [0.4, 0.5) is 17.6 Å². The van der Waals surface area contributed by atoms with E-state index in [9.17, 15) is 17.6 Å². The Morgan fingerprint density at radius 3 is 1.34 bits per heavy atom.